The molecule has 0 aliphatic carbocycles. The molecule has 8 heteroatoms. The van der Waals surface area contributed by atoms with Gasteiger partial charge in [0.15, 0.2) is 0 Å². The highest BCUT2D eigenvalue weighted by Gasteiger charge is 2.45. The monoisotopic (exact) mass is 350 g/mol. The number of sulfonamides is 1. The van der Waals surface area contributed by atoms with E-state index in [-0.39, 0.29) is 0 Å². The summed E-state index contributed by atoms with van der Waals surface area (Å²) >= 11 is 1.28. The van der Waals surface area contributed by atoms with Crippen LogP contribution >= 0.6 is 11.3 Å². The average molecular weight is 350 g/mol. The summed E-state index contributed by atoms with van der Waals surface area (Å²) in [5.74, 6) is 1.46. The van der Waals surface area contributed by atoms with Crippen LogP contribution in [0.1, 0.15) is 5.56 Å². The number of hydrogen-bond acceptors (Lipinski definition) is 6. The van der Waals surface area contributed by atoms with Crippen LogP contribution in [0.25, 0.3) is 0 Å². The van der Waals surface area contributed by atoms with Crippen LogP contribution in [-0.4, -0.2) is 48.9 Å². The number of rotatable bonds is 3. The first-order chi connectivity index (χ1) is 11.0. The minimum atomic E-state index is -3.32. The van der Waals surface area contributed by atoms with E-state index < -0.39 is 10.0 Å². The van der Waals surface area contributed by atoms with Gasteiger partial charge >= 0.3 is 0 Å². The molecule has 2 aliphatic rings. The van der Waals surface area contributed by atoms with Crippen LogP contribution in [0.2, 0.25) is 0 Å². The summed E-state index contributed by atoms with van der Waals surface area (Å²) in [6.07, 6.45) is 3.65. The van der Waals surface area contributed by atoms with Gasteiger partial charge in [-0.25, -0.2) is 18.4 Å². The first kappa shape index (κ1) is 15.0. The molecule has 2 saturated heterocycles. The smallest absolute Gasteiger partial charge is 0.252 e. The Morgan fingerprint density at radius 3 is 2.35 bits per heavy atom. The molecule has 2 aromatic heterocycles. The SMILES string of the molecule is Cc1cnc(N2C[C@@H]3CN(S(=O)(=O)c4cccs4)C[C@@H]3C2)nc1. The molecule has 0 aromatic carbocycles. The number of thiophene rings is 1. The highest BCUT2D eigenvalue weighted by atomic mass is 32.2. The Kier molecular flexibility index (Phi) is 3.62. The van der Waals surface area contributed by atoms with Crippen molar-refractivity contribution in [3.8, 4) is 0 Å². The second-order valence-electron chi connectivity index (χ2n) is 6.24. The summed E-state index contributed by atoms with van der Waals surface area (Å²) in [4.78, 5) is 10.9. The van der Waals surface area contributed by atoms with Crippen LogP contribution in [0, 0.1) is 18.8 Å². The summed E-state index contributed by atoms with van der Waals surface area (Å²) in [6, 6.07) is 3.46. The van der Waals surface area contributed by atoms with Gasteiger partial charge in [0, 0.05) is 38.6 Å². The van der Waals surface area contributed by atoms with Gasteiger partial charge in [-0.15, -0.1) is 11.3 Å². The van der Waals surface area contributed by atoms with Crippen LogP contribution in [0.5, 0.6) is 0 Å². The first-order valence-corrected chi connectivity index (χ1v) is 9.93. The Bertz CT molecular complexity index is 775. The van der Waals surface area contributed by atoms with Crippen LogP contribution in [0.3, 0.4) is 0 Å². The van der Waals surface area contributed by atoms with Crippen molar-refractivity contribution in [2.75, 3.05) is 31.1 Å². The Balaban J connectivity index is 1.47. The van der Waals surface area contributed by atoms with E-state index in [1.165, 1.54) is 11.3 Å². The molecule has 0 amide bonds. The zero-order chi connectivity index (χ0) is 16.0. The Hall–Kier alpha value is -1.51. The Morgan fingerprint density at radius 2 is 1.78 bits per heavy atom. The molecule has 122 valence electrons. The van der Waals surface area contributed by atoms with E-state index in [1.807, 2.05) is 19.3 Å². The van der Waals surface area contributed by atoms with Crippen molar-refractivity contribution in [1.82, 2.24) is 14.3 Å². The zero-order valence-electron chi connectivity index (χ0n) is 12.8. The highest BCUT2D eigenvalue weighted by Crippen LogP contribution is 2.36. The van der Waals surface area contributed by atoms with Crippen LogP contribution in [0.4, 0.5) is 5.95 Å². The van der Waals surface area contributed by atoms with Crippen LogP contribution < -0.4 is 4.90 Å². The normalized spacial score (nSPS) is 25.0. The molecule has 2 atom stereocenters. The van der Waals surface area contributed by atoms with Gasteiger partial charge in [0.25, 0.3) is 10.0 Å². The molecule has 4 rings (SSSR count). The number of anilines is 1. The van der Waals surface area contributed by atoms with Gasteiger partial charge in [-0.05, 0) is 35.8 Å². The van der Waals surface area contributed by atoms with Crippen molar-refractivity contribution in [2.45, 2.75) is 11.1 Å². The molecule has 23 heavy (non-hydrogen) atoms. The number of aryl methyl sites for hydroxylation is 1. The van der Waals surface area contributed by atoms with Gasteiger partial charge in [-0.3, -0.25) is 0 Å². The van der Waals surface area contributed by atoms with Crippen LogP contribution in [0.15, 0.2) is 34.1 Å². The standard InChI is InChI=1S/C15H18N4O2S2/c1-11-5-16-15(17-6-11)18-7-12-9-19(10-13(12)8-18)23(20,21)14-3-2-4-22-14/h2-6,12-13H,7-10H2,1H3/t12-,13+. The predicted molar refractivity (Wildman–Crippen MR) is 89.0 cm³/mol. The minimum Gasteiger partial charge on any atom is -0.340 e. The number of hydrogen-bond donors (Lipinski definition) is 0. The third-order valence-electron chi connectivity index (χ3n) is 4.59. The molecule has 2 fully saturated rings. The molecule has 0 saturated carbocycles. The topological polar surface area (TPSA) is 66.4 Å². The average Bonchev–Trinajstić information content (AvgIpc) is 3.23. The predicted octanol–water partition coefficient (Wildman–Crippen LogP) is 1.60. The number of nitrogens with zero attached hydrogens (tertiary/aromatic N) is 4. The second-order valence-corrected chi connectivity index (χ2v) is 9.35. The van der Waals surface area contributed by atoms with E-state index in [2.05, 4.69) is 14.9 Å². The summed E-state index contributed by atoms with van der Waals surface area (Å²) in [6.45, 7) is 4.80. The molecule has 0 bridgehead atoms. The van der Waals surface area contributed by atoms with Gasteiger partial charge in [0.1, 0.15) is 4.21 Å². The van der Waals surface area contributed by atoms with Gasteiger partial charge in [0.2, 0.25) is 5.95 Å². The number of aromatic nitrogens is 2. The minimum absolute atomic E-state index is 0.356. The molecular formula is C15H18N4O2S2. The Morgan fingerprint density at radius 1 is 1.13 bits per heavy atom. The maximum absolute atomic E-state index is 12.6. The van der Waals surface area contributed by atoms with E-state index in [0.717, 1.165) is 24.6 Å². The largest absolute Gasteiger partial charge is 0.340 e. The molecule has 0 N–H and O–H groups in total. The van der Waals surface area contributed by atoms with Crippen molar-refractivity contribution in [1.29, 1.82) is 0 Å². The molecule has 4 heterocycles. The lowest BCUT2D eigenvalue weighted by Gasteiger charge is -2.21. The van der Waals surface area contributed by atoms with E-state index >= 15 is 0 Å². The molecule has 0 unspecified atom stereocenters. The van der Waals surface area contributed by atoms with Gasteiger partial charge in [0.05, 0.1) is 0 Å². The van der Waals surface area contributed by atoms with Gasteiger partial charge in [-0.2, -0.15) is 4.31 Å². The van der Waals surface area contributed by atoms with Gasteiger partial charge in [-0.1, -0.05) is 6.07 Å². The molecule has 0 spiro atoms. The van der Waals surface area contributed by atoms with Crippen LogP contribution in [-0.2, 0) is 10.0 Å². The van der Waals surface area contributed by atoms with Crippen molar-refractivity contribution >= 4 is 27.3 Å². The second kappa shape index (κ2) is 5.54. The fourth-order valence-corrected chi connectivity index (χ4v) is 6.09. The summed E-state index contributed by atoms with van der Waals surface area (Å²) in [7, 11) is -3.32. The molecule has 2 aromatic rings. The van der Waals surface area contributed by atoms with E-state index in [4.69, 9.17) is 0 Å². The molecule has 2 aliphatic heterocycles. The molecule has 6 nitrogen and oxygen atoms in total. The summed E-state index contributed by atoms with van der Waals surface area (Å²) in [5.41, 5.74) is 1.04. The molecular weight excluding hydrogens is 332 g/mol. The molecule has 0 radical (unpaired) electrons. The first-order valence-electron chi connectivity index (χ1n) is 7.61. The fraction of sp³-hybridized carbons (Fsp3) is 0.467. The van der Waals surface area contributed by atoms with Gasteiger partial charge < -0.3 is 4.90 Å². The highest BCUT2D eigenvalue weighted by molar-refractivity contribution is 7.91. The summed E-state index contributed by atoms with van der Waals surface area (Å²) in [5, 5.41) is 1.81. The zero-order valence-corrected chi connectivity index (χ0v) is 14.4. The third-order valence-corrected chi connectivity index (χ3v) is 7.80. The van der Waals surface area contributed by atoms with E-state index in [0.29, 0.717) is 29.1 Å². The van der Waals surface area contributed by atoms with Crippen molar-refractivity contribution in [3.63, 3.8) is 0 Å². The number of fused-ring (bicyclic) bond motifs is 1. The summed E-state index contributed by atoms with van der Waals surface area (Å²) < 4.78 is 27.3. The maximum atomic E-state index is 12.6. The van der Waals surface area contributed by atoms with Crippen molar-refractivity contribution < 1.29 is 8.42 Å². The van der Waals surface area contributed by atoms with Crippen molar-refractivity contribution in [2.24, 2.45) is 11.8 Å². The van der Waals surface area contributed by atoms with E-state index in [1.54, 1.807) is 21.8 Å². The maximum Gasteiger partial charge on any atom is 0.252 e. The van der Waals surface area contributed by atoms with E-state index in [9.17, 15) is 8.42 Å². The fourth-order valence-electron chi connectivity index (χ4n) is 3.40. The quantitative estimate of drug-likeness (QED) is 0.841. The Labute approximate surface area is 139 Å². The lowest BCUT2D eigenvalue weighted by atomic mass is 10.0. The third kappa shape index (κ3) is 2.64. The van der Waals surface area contributed by atoms with Crippen molar-refractivity contribution in [3.05, 3.63) is 35.5 Å². The lowest BCUT2D eigenvalue weighted by Crippen LogP contribution is -2.33. The lowest BCUT2D eigenvalue weighted by molar-refractivity contribution is 0.454.